The average molecular weight is 397 g/mol. The Labute approximate surface area is 159 Å². The fourth-order valence-electron chi connectivity index (χ4n) is 2.42. The summed E-state index contributed by atoms with van der Waals surface area (Å²) < 4.78 is 1.33. The van der Waals surface area contributed by atoms with Crippen molar-refractivity contribution in [2.75, 3.05) is 11.9 Å². The van der Waals surface area contributed by atoms with Crippen LogP contribution >= 0.6 is 34.5 Å². The van der Waals surface area contributed by atoms with E-state index < -0.39 is 0 Å². The molecule has 2 heterocycles. The molecule has 0 aliphatic carbocycles. The van der Waals surface area contributed by atoms with Gasteiger partial charge in [-0.2, -0.15) is 4.52 Å². The van der Waals surface area contributed by atoms with Crippen LogP contribution in [0.3, 0.4) is 0 Å². The number of nitrogens with zero attached hydrogens (tertiary/aromatic N) is 3. The molecule has 0 amide bonds. The predicted molar refractivity (Wildman–Crippen MR) is 104 cm³/mol. The number of hydrogen-bond acceptors (Lipinski definition) is 5. The first-order chi connectivity index (χ1) is 11.8. The lowest BCUT2D eigenvalue weighted by atomic mass is 9.85. The molecule has 8 heteroatoms. The molecule has 5 nitrogen and oxygen atoms in total. The molecule has 0 saturated heterocycles. The molecular weight excluding hydrogens is 379 g/mol. The summed E-state index contributed by atoms with van der Waals surface area (Å²) in [5.74, 6) is 0. The van der Waals surface area contributed by atoms with E-state index in [1.165, 1.54) is 21.9 Å². The Bertz CT molecular complexity index is 980. The molecule has 0 bridgehead atoms. The van der Waals surface area contributed by atoms with Gasteiger partial charge in [-0.3, -0.25) is 4.79 Å². The lowest BCUT2D eigenvalue weighted by Gasteiger charge is -2.25. The van der Waals surface area contributed by atoms with Crippen LogP contribution in [0.5, 0.6) is 0 Å². The molecular formula is C17H18Cl2N4OS. The number of hydrogen-bond donors (Lipinski definition) is 1. The van der Waals surface area contributed by atoms with Gasteiger partial charge in [-0.05, 0) is 24.1 Å². The summed E-state index contributed by atoms with van der Waals surface area (Å²) >= 11 is 13.5. The third kappa shape index (κ3) is 3.81. The SMILES string of the molecule is CCc1cc(=O)n2nc(NCC(C)(C)c3ccc(Cl)c(Cl)c3)sc2n1. The molecule has 0 fully saturated rings. The number of aromatic nitrogens is 3. The maximum Gasteiger partial charge on any atom is 0.275 e. The number of benzene rings is 1. The van der Waals surface area contributed by atoms with E-state index in [-0.39, 0.29) is 11.0 Å². The first kappa shape index (κ1) is 18.2. The van der Waals surface area contributed by atoms with Crippen molar-refractivity contribution in [2.24, 2.45) is 0 Å². The summed E-state index contributed by atoms with van der Waals surface area (Å²) in [6.07, 6.45) is 0.719. The molecule has 1 aromatic carbocycles. The van der Waals surface area contributed by atoms with Crippen molar-refractivity contribution in [3.05, 3.63) is 55.9 Å². The number of anilines is 1. The molecule has 132 valence electrons. The van der Waals surface area contributed by atoms with Crippen molar-refractivity contribution in [2.45, 2.75) is 32.6 Å². The number of halogens is 2. The maximum atomic E-state index is 12.1. The minimum atomic E-state index is -0.195. The van der Waals surface area contributed by atoms with Crippen molar-refractivity contribution in [3.63, 3.8) is 0 Å². The largest absolute Gasteiger partial charge is 0.359 e. The first-order valence-electron chi connectivity index (χ1n) is 7.89. The van der Waals surface area contributed by atoms with Crippen molar-refractivity contribution in [1.82, 2.24) is 14.6 Å². The van der Waals surface area contributed by atoms with E-state index in [1.54, 1.807) is 6.07 Å². The van der Waals surface area contributed by atoms with E-state index in [1.807, 2.05) is 19.1 Å². The molecule has 25 heavy (non-hydrogen) atoms. The standard InChI is InChI=1S/C17H18Cl2N4OS/c1-4-11-8-14(24)23-16(21-11)25-15(22-23)20-9-17(2,3)10-5-6-12(18)13(19)7-10/h5-8H,4,9H2,1-3H3,(H,20,22). The zero-order valence-electron chi connectivity index (χ0n) is 14.1. The molecule has 3 rings (SSSR count). The van der Waals surface area contributed by atoms with Gasteiger partial charge in [0.1, 0.15) is 0 Å². The zero-order chi connectivity index (χ0) is 18.2. The van der Waals surface area contributed by atoms with Gasteiger partial charge in [-0.1, -0.05) is 61.4 Å². The Morgan fingerprint density at radius 3 is 2.68 bits per heavy atom. The smallest absolute Gasteiger partial charge is 0.275 e. The van der Waals surface area contributed by atoms with Crippen molar-refractivity contribution < 1.29 is 0 Å². The Morgan fingerprint density at radius 2 is 2.00 bits per heavy atom. The molecule has 0 unspecified atom stereocenters. The van der Waals surface area contributed by atoms with Gasteiger partial charge in [0.15, 0.2) is 0 Å². The minimum Gasteiger partial charge on any atom is -0.359 e. The lowest BCUT2D eigenvalue weighted by molar-refractivity contribution is 0.556. The van der Waals surface area contributed by atoms with E-state index in [2.05, 4.69) is 29.2 Å². The third-order valence-electron chi connectivity index (χ3n) is 4.04. The van der Waals surface area contributed by atoms with Gasteiger partial charge < -0.3 is 5.32 Å². The van der Waals surface area contributed by atoms with Crippen LogP contribution < -0.4 is 10.9 Å². The maximum absolute atomic E-state index is 12.1. The average Bonchev–Trinajstić information content (AvgIpc) is 2.99. The van der Waals surface area contributed by atoms with Crippen LogP contribution in [0.4, 0.5) is 5.13 Å². The molecule has 3 aromatic rings. The molecule has 1 N–H and O–H groups in total. The fourth-order valence-corrected chi connectivity index (χ4v) is 3.54. The highest BCUT2D eigenvalue weighted by atomic mass is 35.5. The number of rotatable bonds is 5. The molecule has 0 atom stereocenters. The topological polar surface area (TPSA) is 59.3 Å². The molecule has 2 aromatic heterocycles. The van der Waals surface area contributed by atoms with E-state index >= 15 is 0 Å². The van der Waals surface area contributed by atoms with Crippen LogP contribution in [-0.2, 0) is 11.8 Å². The zero-order valence-corrected chi connectivity index (χ0v) is 16.5. The highest BCUT2D eigenvalue weighted by molar-refractivity contribution is 7.20. The second-order valence-corrected chi connectivity index (χ2v) is 8.18. The summed E-state index contributed by atoms with van der Waals surface area (Å²) in [5.41, 5.74) is 1.49. The highest BCUT2D eigenvalue weighted by Gasteiger charge is 2.22. The van der Waals surface area contributed by atoms with Crippen LogP contribution in [0.2, 0.25) is 10.0 Å². The van der Waals surface area contributed by atoms with E-state index in [4.69, 9.17) is 23.2 Å². The van der Waals surface area contributed by atoms with Gasteiger partial charge >= 0.3 is 0 Å². The molecule has 0 spiro atoms. The van der Waals surface area contributed by atoms with Crippen molar-refractivity contribution in [3.8, 4) is 0 Å². The summed E-state index contributed by atoms with van der Waals surface area (Å²) in [7, 11) is 0. The number of nitrogens with one attached hydrogen (secondary N) is 1. The van der Waals surface area contributed by atoms with Gasteiger partial charge in [0, 0.05) is 23.7 Å². The first-order valence-corrected chi connectivity index (χ1v) is 9.46. The van der Waals surface area contributed by atoms with E-state index in [9.17, 15) is 4.79 Å². The minimum absolute atomic E-state index is 0.158. The Morgan fingerprint density at radius 1 is 1.24 bits per heavy atom. The van der Waals surface area contributed by atoms with E-state index in [0.717, 1.165) is 17.7 Å². The van der Waals surface area contributed by atoms with Crippen LogP contribution in [0.1, 0.15) is 32.0 Å². The number of fused-ring (bicyclic) bond motifs is 1. The van der Waals surface area contributed by atoms with Gasteiger partial charge in [-0.25, -0.2) is 4.98 Å². The molecule has 0 saturated carbocycles. The molecule has 0 aliphatic heterocycles. The third-order valence-corrected chi connectivity index (χ3v) is 5.65. The predicted octanol–water partition coefficient (Wildman–Crippen LogP) is 4.41. The second kappa shape index (κ2) is 6.94. The summed E-state index contributed by atoms with van der Waals surface area (Å²) in [6, 6.07) is 7.17. The fraction of sp³-hybridized carbons (Fsp3) is 0.353. The quantitative estimate of drug-likeness (QED) is 0.693. The van der Waals surface area contributed by atoms with Crippen molar-refractivity contribution in [1.29, 1.82) is 0 Å². The van der Waals surface area contributed by atoms with Gasteiger partial charge in [-0.15, -0.1) is 5.10 Å². The van der Waals surface area contributed by atoms with E-state index in [0.29, 0.717) is 26.7 Å². The van der Waals surface area contributed by atoms with Crippen LogP contribution in [0.15, 0.2) is 29.1 Å². The van der Waals surface area contributed by atoms with Crippen LogP contribution in [0, 0.1) is 0 Å². The summed E-state index contributed by atoms with van der Waals surface area (Å²) in [6.45, 7) is 6.80. The van der Waals surface area contributed by atoms with Crippen LogP contribution in [-0.4, -0.2) is 21.1 Å². The normalized spacial score (nSPS) is 11.9. The van der Waals surface area contributed by atoms with Crippen molar-refractivity contribution >= 4 is 44.6 Å². The second-order valence-electron chi connectivity index (χ2n) is 6.41. The number of aryl methyl sites for hydroxylation is 1. The lowest BCUT2D eigenvalue weighted by Crippen LogP contribution is -2.27. The van der Waals surface area contributed by atoms with Gasteiger partial charge in [0.2, 0.25) is 10.1 Å². The summed E-state index contributed by atoms with van der Waals surface area (Å²) in [5, 5.41) is 9.36. The Kier molecular flexibility index (Phi) is 5.04. The van der Waals surface area contributed by atoms with Gasteiger partial charge in [0.05, 0.1) is 10.0 Å². The molecule has 0 radical (unpaired) electrons. The van der Waals surface area contributed by atoms with Gasteiger partial charge in [0.25, 0.3) is 5.56 Å². The monoisotopic (exact) mass is 396 g/mol. The molecule has 0 aliphatic rings. The highest BCUT2D eigenvalue weighted by Crippen LogP contribution is 2.30. The Hall–Kier alpha value is -1.63. The van der Waals surface area contributed by atoms with Crippen LogP contribution in [0.25, 0.3) is 4.96 Å². The summed E-state index contributed by atoms with van der Waals surface area (Å²) in [4.78, 5) is 17.1. The Balaban J connectivity index is 1.82.